The maximum atomic E-state index is 5.38. The second-order valence-corrected chi connectivity index (χ2v) is 4.57. The molecule has 58 valence electrons. The molecule has 0 saturated heterocycles. The lowest BCUT2D eigenvalue weighted by Crippen LogP contribution is -2.21. The largest absolute Gasteiger partial charge is 0.403 e. The van der Waals surface area contributed by atoms with Gasteiger partial charge in [0.05, 0.1) is 9.88 Å². The third-order valence-electron chi connectivity index (χ3n) is 1.08. The standard InChI is InChI=1S/C7H7IN2S/c1-2-3-5-6(4-9)11-7(8)10-5/h2-4H,1,9H2/b5-3+,6-4+. The van der Waals surface area contributed by atoms with Crippen LogP contribution in [0.4, 0.5) is 0 Å². The Morgan fingerprint density at radius 3 is 2.91 bits per heavy atom. The molecular weight excluding hydrogens is 271 g/mol. The summed E-state index contributed by atoms with van der Waals surface area (Å²) in [4.78, 5) is 4.24. The second kappa shape index (κ2) is 3.87. The predicted molar refractivity (Wildman–Crippen MR) is 57.4 cm³/mol. The first-order chi connectivity index (χ1) is 5.27. The molecule has 0 fully saturated rings. The van der Waals surface area contributed by atoms with Crippen molar-refractivity contribution in [1.82, 2.24) is 4.98 Å². The highest BCUT2D eigenvalue weighted by Crippen LogP contribution is 1.98. The van der Waals surface area contributed by atoms with Crippen LogP contribution in [0.3, 0.4) is 0 Å². The zero-order chi connectivity index (χ0) is 8.27. The van der Waals surface area contributed by atoms with E-state index in [4.69, 9.17) is 5.73 Å². The number of hydrogen-bond acceptors (Lipinski definition) is 3. The number of thiazole rings is 1. The smallest absolute Gasteiger partial charge is 0.155 e. The van der Waals surface area contributed by atoms with Gasteiger partial charge in [-0.3, -0.25) is 0 Å². The molecule has 4 heteroatoms. The van der Waals surface area contributed by atoms with Crippen molar-refractivity contribution in [3.63, 3.8) is 0 Å². The summed E-state index contributed by atoms with van der Waals surface area (Å²) in [6.07, 6.45) is 5.12. The molecule has 0 unspecified atom stereocenters. The summed E-state index contributed by atoms with van der Waals surface area (Å²) < 4.78 is 1.99. The molecule has 11 heavy (non-hydrogen) atoms. The molecule has 0 radical (unpaired) electrons. The molecule has 1 rings (SSSR count). The topological polar surface area (TPSA) is 38.9 Å². The number of aromatic nitrogens is 1. The van der Waals surface area contributed by atoms with E-state index in [-0.39, 0.29) is 0 Å². The lowest BCUT2D eigenvalue weighted by Gasteiger charge is -1.71. The molecule has 0 aliphatic carbocycles. The van der Waals surface area contributed by atoms with E-state index in [2.05, 4.69) is 34.2 Å². The van der Waals surface area contributed by atoms with Crippen LogP contribution >= 0.6 is 33.9 Å². The molecule has 1 heterocycles. The zero-order valence-electron chi connectivity index (χ0n) is 5.75. The summed E-state index contributed by atoms with van der Waals surface area (Å²) >= 11 is 3.74. The number of allylic oxidation sites excluding steroid dienone is 1. The van der Waals surface area contributed by atoms with Gasteiger partial charge in [0.15, 0.2) is 3.01 Å². The molecule has 2 nitrogen and oxygen atoms in total. The van der Waals surface area contributed by atoms with E-state index < -0.39 is 0 Å². The number of nitrogens with zero attached hydrogens (tertiary/aromatic N) is 1. The first-order valence-corrected chi connectivity index (χ1v) is 4.84. The first-order valence-electron chi connectivity index (χ1n) is 2.95. The van der Waals surface area contributed by atoms with Gasteiger partial charge in [0, 0.05) is 6.20 Å². The Kier molecular flexibility index (Phi) is 3.07. The van der Waals surface area contributed by atoms with Gasteiger partial charge in [-0.15, -0.1) is 11.3 Å². The Morgan fingerprint density at radius 2 is 2.36 bits per heavy atom. The SMILES string of the molecule is C=C/C=c1/nc(I)s/c1=C/N. The predicted octanol–water partition coefficient (Wildman–Crippen LogP) is 0.411. The fourth-order valence-corrected chi connectivity index (χ4v) is 2.25. The van der Waals surface area contributed by atoms with Crippen molar-refractivity contribution in [3.8, 4) is 0 Å². The third-order valence-corrected chi connectivity index (χ3v) is 2.81. The van der Waals surface area contributed by atoms with Crippen molar-refractivity contribution in [2.24, 2.45) is 5.73 Å². The molecule has 1 aromatic rings. The van der Waals surface area contributed by atoms with Crippen LogP contribution in [0.5, 0.6) is 0 Å². The number of rotatable bonds is 1. The van der Waals surface area contributed by atoms with Crippen LogP contribution in [0.2, 0.25) is 0 Å². The van der Waals surface area contributed by atoms with E-state index in [1.807, 2.05) is 6.08 Å². The molecule has 0 aliphatic rings. The van der Waals surface area contributed by atoms with Crippen molar-refractivity contribution in [1.29, 1.82) is 0 Å². The molecule has 0 spiro atoms. The van der Waals surface area contributed by atoms with Gasteiger partial charge >= 0.3 is 0 Å². The van der Waals surface area contributed by atoms with Crippen LogP contribution in [-0.4, -0.2) is 4.98 Å². The van der Waals surface area contributed by atoms with Crippen molar-refractivity contribution in [2.45, 2.75) is 0 Å². The average molecular weight is 278 g/mol. The van der Waals surface area contributed by atoms with Crippen LogP contribution in [0.25, 0.3) is 12.3 Å². The second-order valence-electron chi connectivity index (χ2n) is 1.79. The van der Waals surface area contributed by atoms with Crippen LogP contribution in [0.1, 0.15) is 0 Å². The molecule has 0 saturated carbocycles. The third kappa shape index (κ3) is 2.03. The van der Waals surface area contributed by atoms with Gasteiger partial charge in [0.2, 0.25) is 0 Å². The molecule has 0 aromatic carbocycles. The Morgan fingerprint density at radius 1 is 1.64 bits per heavy atom. The van der Waals surface area contributed by atoms with Gasteiger partial charge in [-0.25, -0.2) is 4.98 Å². The van der Waals surface area contributed by atoms with Gasteiger partial charge < -0.3 is 5.73 Å². The summed E-state index contributed by atoms with van der Waals surface area (Å²) in [5.41, 5.74) is 5.38. The Bertz CT molecular complexity index is 366. The van der Waals surface area contributed by atoms with Gasteiger partial charge in [0.25, 0.3) is 0 Å². The van der Waals surface area contributed by atoms with Crippen LogP contribution in [0.15, 0.2) is 12.7 Å². The average Bonchev–Trinajstić information content (AvgIpc) is 2.32. The van der Waals surface area contributed by atoms with Crippen LogP contribution in [0, 0.1) is 3.01 Å². The highest BCUT2D eigenvalue weighted by atomic mass is 127. The molecular formula is C7H7IN2S. The molecule has 0 aliphatic heterocycles. The normalized spacial score (nSPS) is 13.9. The number of nitrogens with two attached hydrogens (primary N) is 1. The lowest BCUT2D eigenvalue weighted by atomic mass is 10.5. The molecule has 0 amide bonds. The quantitative estimate of drug-likeness (QED) is 0.756. The van der Waals surface area contributed by atoms with Crippen LogP contribution < -0.4 is 15.6 Å². The molecule has 0 atom stereocenters. The highest BCUT2D eigenvalue weighted by molar-refractivity contribution is 14.1. The van der Waals surface area contributed by atoms with Gasteiger partial charge in [0.1, 0.15) is 0 Å². The zero-order valence-corrected chi connectivity index (χ0v) is 8.72. The fourth-order valence-electron chi connectivity index (χ4n) is 0.666. The summed E-state index contributed by atoms with van der Waals surface area (Å²) in [6.45, 7) is 3.59. The summed E-state index contributed by atoms with van der Waals surface area (Å²) in [5, 5.41) is 0.900. The van der Waals surface area contributed by atoms with E-state index >= 15 is 0 Å². The fraction of sp³-hybridized carbons (Fsp3) is 0. The van der Waals surface area contributed by atoms with Gasteiger partial charge in [-0.05, 0) is 28.7 Å². The van der Waals surface area contributed by atoms with Gasteiger partial charge in [-0.1, -0.05) is 12.7 Å². The highest BCUT2D eigenvalue weighted by Gasteiger charge is 1.92. The van der Waals surface area contributed by atoms with Gasteiger partial charge in [-0.2, -0.15) is 0 Å². The summed E-state index contributed by atoms with van der Waals surface area (Å²) in [5.74, 6) is 0. The Labute approximate surface area is 82.3 Å². The number of halogens is 1. The Balaban J connectivity index is 3.47. The monoisotopic (exact) mass is 278 g/mol. The molecule has 0 bridgehead atoms. The summed E-state index contributed by atoms with van der Waals surface area (Å²) in [6, 6.07) is 0. The van der Waals surface area contributed by atoms with E-state index in [1.165, 1.54) is 0 Å². The molecule has 2 N–H and O–H groups in total. The minimum Gasteiger partial charge on any atom is -0.403 e. The van der Waals surface area contributed by atoms with E-state index in [1.54, 1.807) is 23.6 Å². The lowest BCUT2D eigenvalue weighted by molar-refractivity contribution is 1.28. The van der Waals surface area contributed by atoms with E-state index in [0.29, 0.717) is 0 Å². The Hall–Kier alpha value is -0.360. The van der Waals surface area contributed by atoms with Crippen molar-refractivity contribution >= 4 is 46.2 Å². The maximum Gasteiger partial charge on any atom is 0.155 e. The minimum atomic E-state index is 0.900. The van der Waals surface area contributed by atoms with E-state index in [0.717, 1.165) is 12.9 Å². The van der Waals surface area contributed by atoms with Crippen molar-refractivity contribution < 1.29 is 0 Å². The minimum absolute atomic E-state index is 0.900. The number of hydrogen-bond donors (Lipinski definition) is 1. The maximum absolute atomic E-state index is 5.38. The summed E-state index contributed by atoms with van der Waals surface area (Å²) in [7, 11) is 0. The molecule has 1 aromatic heterocycles. The first kappa shape index (κ1) is 8.73. The van der Waals surface area contributed by atoms with Crippen LogP contribution in [-0.2, 0) is 0 Å². The van der Waals surface area contributed by atoms with Crippen molar-refractivity contribution in [3.05, 3.63) is 25.6 Å². The van der Waals surface area contributed by atoms with Crippen molar-refractivity contribution in [2.75, 3.05) is 0 Å². The van der Waals surface area contributed by atoms with E-state index in [9.17, 15) is 0 Å².